The zero-order chi connectivity index (χ0) is 20.4. The van der Waals surface area contributed by atoms with Crippen LogP contribution in [0.4, 0.5) is 17.6 Å². The van der Waals surface area contributed by atoms with E-state index in [4.69, 9.17) is 21.1 Å². The minimum atomic E-state index is -4.93. The number of rotatable bonds is 6. The minimum absolute atomic E-state index is 0.0171. The second kappa shape index (κ2) is 7.87. The SMILES string of the molecule is C=COCCOc1cc(-n2c(=O)cc(C(F)(F)F)n(C)c2=O)c(F)cc1Cl. The van der Waals surface area contributed by atoms with Crippen molar-refractivity contribution in [3.05, 3.63) is 68.4 Å². The Labute approximate surface area is 154 Å². The molecular weight excluding hydrogens is 396 g/mol. The molecule has 6 nitrogen and oxygen atoms in total. The van der Waals surface area contributed by atoms with Crippen LogP contribution in [0.15, 0.2) is 40.6 Å². The van der Waals surface area contributed by atoms with Gasteiger partial charge in [0, 0.05) is 19.2 Å². The van der Waals surface area contributed by atoms with Gasteiger partial charge in [-0.15, -0.1) is 0 Å². The Kier molecular flexibility index (Phi) is 5.99. The molecule has 0 saturated heterocycles. The molecule has 0 fully saturated rings. The van der Waals surface area contributed by atoms with Gasteiger partial charge < -0.3 is 9.47 Å². The molecule has 0 spiro atoms. The number of alkyl halides is 3. The lowest BCUT2D eigenvalue weighted by atomic mass is 10.2. The molecular formula is C16H13ClF4N2O4. The van der Waals surface area contributed by atoms with Gasteiger partial charge >= 0.3 is 11.9 Å². The smallest absolute Gasteiger partial charge is 0.431 e. The molecule has 0 unspecified atom stereocenters. The third kappa shape index (κ3) is 4.33. The van der Waals surface area contributed by atoms with Gasteiger partial charge in [-0.3, -0.25) is 9.36 Å². The molecule has 0 aliphatic carbocycles. The Morgan fingerprint density at radius 2 is 1.89 bits per heavy atom. The van der Waals surface area contributed by atoms with Gasteiger partial charge in [0.25, 0.3) is 5.56 Å². The molecule has 0 saturated carbocycles. The minimum Gasteiger partial charge on any atom is -0.498 e. The highest BCUT2D eigenvalue weighted by Gasteiger charge is 2.35. The van der Waals surface area contributed by atoms with Crippen LogP contribution in [0.1, 0.15) is 5.69 Å². The van der Waals surface area contributed by atoms with Crippen molar-refractivity contribution in [1.29, 1.82) is 0 Å². The van der Waals surface area contributed by atoms with Crippen LogP contribution >= 0.6 is 11.6 Å². The Morgan fingerprint density at radius 1 is 1.22 bits per heavy atom. The lowest BCUT2D eigenvalue weighted by molar-refractivity contribution is -0.144. The van der Waals surface area contributed by atoms with Crippen molar-refractivity contribution < 1.29 is 27.0 Å². The van der Waals surface area contributed by atoms with Gasteiger partial charge in [-0.25, -0.2) is 13.8 Å². The molecule has 1 heterocycles. The summed E-state index contributed by atoms with van der Waals surface area (Å²) in [5.41, 5.74) is -4.79. The van der Waals surface area contributed by atoms with Crippen molar-refractivity contribution in [3.8, 4) is 11.4 Å². The van der Waals surface area contributed by atoms with E-state index in [1.165, 1.54) is 6.26 Å². The second-order valence-electron chi connectivity index (χ2n) is 5.16. The molecule has 27 heavy (non-hydrogen) atoms. The zero-order valence-electron chi connectivity index (χ0n) is 13.8. The fraction of sp³-hybridized carbons (Fsp3) is 0.250. The molecule has 0 aliphatic heterocycles. The molecule has 0 aliphatic rings. The third-order valence-electron chi connectivity index (χ3n) is 3.43. The van der Waals surface area contributed by atoms with E-state index in [0.29, 0.717) is 0 Å². The van der Waals surface area contributed by atoms with Crippen molar-refractivity contribution >= 4 is 11.6 Å². The molecule has 0 bridgehead atoms. The number of hydrogen-bond acceptors (Lipinski definition) is 4. The number of ether oxygens (including phenoxy) is 2. The first-order valence-corrected chi connectivity index (χ1v) is 7.70. The van der Waals surface area contributed by atoms with E-state index in [1.54, 1.807) is 0 Å². The van der Waals surface area contributed by atoms with Crippen molar-refractivity contribution in [3.63, 3.8) is 0 Å². The van der Waals surface area contributed by atoms with Crippen LogP contribution in [-0.4, -0.2) is 22.3 Å². The molecule has 2 rings (SSSR count). The normalized spacial score (nSPS) is 11.3. The van der Waals surface area contributed by atoms with Gasteiger partial charge in [0.1, 0.15) is 30.5 Å². The Balaban J connectivity index is 2.58. The molecule has 146 valence electrons. The van der Waals surface area contributed by atoms with E-state index in [0.717, 1.165) is 19.2 Å². The monoisotopic (exact) mass is 408 g/mol. The molecule has 0 radical (unpaired) electrons. The maximum absolute atomic E-state index is 14.3. The first kappa shape index (κ1) is 20.6. The lowest BCUT2D eigenvalue weighted by Crippen LogP contribution is -2.41. The molecule has 11 heteroatoms. The number of halogens is 5. The first-order valence-electron chi connectivity index (χ1n) is 7.33. The molecule has 2 aromatic rings. The van der Waals surface area contributed by atoms with E-state index in [2.05, 4.69) is 6.58 Å². The fourth-order valence-corrected chi connectivity index (χ4v) is 2.41. The van der Waals surface area contributed by atoms with Gasteiger partial charge in [0.2, 0.25) is 0 Å². The summed E-state index contributed by atoms with van der Waals surface area (Å²) in [5, 5.41) is -0.161. The summed E-state index contributed by atoms with van der Waals surface area (Å²) < 4.78 is 63.6. The van der Waals surface area contributed by atoms with Gasteiger partial charge in [-0.1, -0.05) is 18.2 Å². The lowest BCUT2D eigenvalue weighted by Gasteiger charge is -2.15. The van der Waals surface area contributed by atoms with Crippen LogP contribution < -0.4 is 16.0 Å². The predicted octanol–water partition coefficient (Wildman–Crippen LogP) is 2.89. The summed E-state index contributed by atoms with van der Waals surface area (Å²) in [6.07, 6.45) is -3.75. The first-order chi connectivity index (χ1) is 12.6. The maximum Gasteiger partial charge on any atom is 0.431 e. The standard InChI is InChI=1S/C16H13ClF4N2O4/c1-3-26-4-5-27-12-7-11(10(18)6-9(12)17)23-14(24)8-13(16(19,20)21)22(2)15(23)25/h3,6-8H,1,4-5H2,2H3. The highest BCUT2D eigenvalue weighted by atomic mass is 35.5. The van der Waals surface area contributed by atoms with E-state index >= 15 is 0 Å². The zero-order valence-corrected chi connectivity index (χ0v) is 14.6. The maximum atomic E-state index is 14.3. The summed E-state index contributed by atoms with van der Waals surface area (Å²) in [4.78, 5) is 24.3. The summed E-state index contributed by atoms with van der Waals surface area (Å²) in [5.74, 6) is -1.18. The van der Waals surface area contributed by atoms with E-state index in [-0.39, 0.29) is 39.2 Å². The Morgan fingerprint density at radius 3 is 2.48 bits per heavy atom. The van der Waals surface area contributed by atoms with Gasteiger partial charge in [-0.05, 0) is 6.07 Å². The van der Waals surface area contributed by atoms with E-state index in [9.17, 15) is 27.2 Å². The average molecular weight is 409 g/mol. The summed E-state index contributed by atoms with van der Waals surface area (Å²) >= 11 is 5.85. The molecule has 1 aromatic heterocycles. The second-order valence-corrected chi connectivity index (χ2v) is 5.57. The number of aromatic nitrogens is 2. The van der Waals surface area contributed by atoms with Crippen molar-refractivity contribution in [1.82, 2.24) is 9.13 Å². The summed E-state index contributed by atoms with van der Waals surface area (Å²) in [6, 6.07) is 1.93. The molecule has 0 N–H and O–H groups in total. The molecule has 1 aromatic carbocycles. The number of hydrogen-bond donors (Lipinski definition) is 0. The molecule has 0 amide bonds. The van der Waals surface area contributed by atoms with Crippen LogP contribution in [0.2, 0.25) is 5.02 Å². The number of benzene rings is 1. The van der Waals surface area contributed by atoms with E-state index in [1.807, 2.05) is 0 Å². The third-order valence-corrected chi connectivity index (χ3v) is 3.72. The van der Waals surface area contributed by atoms with Crippen LogP contribution in [0, 0.1) is 5.82 Å². The van der Waals surface area contributed by atoms with Crippen LogP contribution in [0.25, 0.3) is 5.69 Å². The quantitative estimate of drug-likeness (QED) is 0.419. The van der Waals surface area contributed by atoms with Crippen LogP contribution in [-0.2, 0) is 18.0 Å². The Bertz CT molecular complexity index is 982. The van der Waals surface area contributed by atoms with Crippen LogP contribution in [0.5, 0.6) is 5.75 Å². The Hall–Kier alpha value is -2.75. The fourth-order valence-electron chi connectivity index (χ4n) is 2.20. The molecule has 0 atom stereocenters. The van der Waals surface area contributed by atoms with Crippen molar-refractivity contribution in [2.75, 3.05) is 13.2 Å². The highest BCUT2D eigenvalue weighted by Crippen LogP contribution is 2.30. The van der Waals surface area contributed by atoms with Crippen molar-refractivity contribution in [2.24, 2.45) is 7.05 Å². The predicted molar refractivity (Wildman–Crippen MR) is 88.9 cm³/mol. The number of nitrogens with zero attached hydrogens (tertiary/aromatic N) is 2. The average Bonchev–Trinajstić information content (AvgIpc) is 2.57. The van der Waals surface area contributed by atoms with Gasteiger partial charge in [-0.2, -0.15) is 13.2 Å². The summed E-state index contributed by atoms with van der Waals surface area (Å²) in [7, 11) is 0.818. The topological polar surface area (TPSA) is 62.5 Å². The van der Waals surface area contributed by atoms with E-state index < -0.39 is 34.6 Å². The van der Waals surface area contributed by atoms with Crippen molar-refractivity contribution in [2.45, 2.75) is 6.18 Å². The summed E-state index contributed by atoms with van der Waals surface area (Å²) in [6.45, 7) is 3.41. The van der Waals surface area contributed by atoms with Crippen LogP contribution in [0.3, 0.4) is 0 Å². The van der Waals surface area contributed by atoms with Gasteiger partial charge in [0.05, 0.1) is 17.0 Å². The highest BCUT2D eigenvalue weighted by molar-refractivity contribution is 6.32. The largest absolute Gasteiger partial charge is 0.498 e. The van der Waals surface area contributed by atoms with Gasteiger partial charge in [0.15, 0.2) is 0 Å².